The van der Waals surface area contributed by atoms with E-state index >= 15 is 0 Å². The van der Waals surface area contributed by atoms with Crippen molar-refractivity contribution in [2.45, 2.75) is 48.4 Å². The largest absolute Gasteiger partial charge is 0.497 e. The molecule has 5 nitrogen and oxygen atoms in total. The van der Waals surface area contributed by atoms with Gasteiger partial charge in [0.1, 0.15) is 21.6 Å². The minimum absolute atomic E-state index is 0.0555. The SMILES string of the molecule is CC[C@H]1c2c(SCC(=O)Nc3cccc(OC)c3)nc(C)nc2S[C@@H]1C. The molecule has 0 unspecified atom stereocenters. The molecular formula is C19H23N3O2S2. The average molecular weight is 390 g/mol. The lowest BCUT2D eigenvalue weighted by atomic mass is 9.96. The van der Waals surface area contributed by atoms with Crippen LogP contribution in [0.1, 0.15) is 37.6 Å². The number of amides is 1. The first-order valence-corrected chi connectivity index (χ1v) is 10.5. The maximum atomic E-state index is 12.4. The van der Waals surface area contributed by atoms with Gasteiger partial charge in [0.2, 0.25) is 5.91 Å². The highest BCUT2D eigenvalue weighted by Gasteiger charge is 2.33. The van der Waals surface area contributed by atoms with Crippen molar-refractivity contribution < 1.29 is 9.53 Å². The number of hydrogen-bond acceptors (Lipinski definition) is 6. The lowest BCUT2D eigenvalue weighted by Gasteiger charge is -2.15. The molecule has 2 atom stereocenters. The predicted octanol–water partition coefficient (Wildman–Crippen LogP) is 4.51. The fraction of sp³-hybridized carbons (Fsp3) is 0.421. The van der Waals surface area contributed by atoms with Crippen molar-refractivity contribution in [3.63, 3.8) is 0 Å². The van der Waals surface area contributed by atoms with Gasteiger partial charge < -0.3 is 10.1 Å². The number of aromatic nitrogens is 2. The number of thioether (sulfide) groups is 2. The van der Waals surface area contributed by atoms with Gasteiger partial charge in [0, 0.05) is 28.5 Å². The van der Waals surface area contributed by atoms with Crippen LogP contribution in [0.4, 0.5) is 5.69 Å². The van der Waals surface area contributed by atoms with Gasteiger partial charge in [-0.2, -0.15) is 0 Å². The van der Waals surface area contributed by atoms with Crippen LogP contribution in [0.25, 0.3) is 0 Å². The Morgan fingerprint density at radius 2 is 2.19 bits per heavy atom. The summed E-state index contributed by atoms with van der Waals surface area (Å²) in [5.74, 6) is 2.18. The van der Waals surface area contributed by atoms with Crippen molar-refractivity contribution >= 4 is 35.1 Å². The topological polar surface area (TPSA) is 64.1 Å². The lowest BCUT2D eigenvalue weighted by Crippen LogP contribution is -2.15. The Morgan fingerprint density at radius 1 is 1.38 bits per heavy atom. The molecule has 2 aromatic rings. The molecule has 0 saturated carbocycles. The molecule has 138 valence electrons. The quantitative estimate of drug-likeness (QED) is 0.579. The van der Waals surface area contributed by atoms with Crippen molar-refractivity contribution in [2.75, 3.05) is 18.2 Å². The molecule has 1 aliphatic rings. The normalized spacial score (nSPS) is 18.5. The van der Waals surface area contributed by atoms with Crippen molar-refractivity contribution in [3.8, 4) is 5.75 Å². The van der Waals surface area contributed by atoms with Crippen LogP contribution in [-0.4, -0.2) is 34.0 Å². The van der Waals surface area contributed by atoms with Crippen LogP contribution in [0.15, 0.2) is 34.3 Å². The molecule has 1 aliphatic heterocycles. The molecule has 7 heteroatoms. The van der Waals surface area contributed by atoms with Crippen molar-refractivity contribution in [1.29, 1.82) is 0 Å². The van der Waals surface area contributed by atoms with Crippen LogP contribution >= 0.6 is 23.5 Å². The van der Waals surface area contributed by atoms with Crippen molar-refractivity contribution in [1.82, 2.24) is 9.97 Å². The van der Waals surface area contributed by atoms with E-state index in [2.05, 4.69) is 29.1 Å². The number of fused-ring (bicyclic) bond motifs is 1. The lowest BCUT2D eigenvalue weighted by molar-refractivity contribution is -0.113. The summed E-state index contributed by atoms with van der Waals surface area (Å²) in [5, 5.41) is 5.43. The van der Waals surface area contributed by atoms with Gasteiger partial charge in [0.25, 0.3) is 0 Å². The van der Waals surface area contributed by atoms with Crippen molar-refractivity contribution in [2.24, 2.45) is 0 Å². The summed E-state index contributed by atoms with van der Waals surface area (Å²) in [5.41, 5.74) is 1.95. The summed E-state index contributed by atoms with van der Waals surface area (Å²) < 4.78 is 5.19. The van der Waals surface area contributed by atoms with Crippen molar-refractivity contribution in [3.05, 3.63) is 35.7 Å². The number of aryl methyl sites for hydroxylation is 1. The van der Waals surface area contributed by atoms with Crippen LogP contribution in [0.5, 0.6) is 5.75 Å². The van der Waals surface area contributed by atoms with Gasteiger partial charge in [0.15, 0.2) is 0 Å². The molecule has 2 heterocycles. The Hall–Kier alpha value is -1.73. The van der Waals surface area contributed by atoms with Crippen LogP contribution in [-0.2, 0) is 4.79 Å². The first-order valence-electron chi connectivity index (χ1n) is 8.63. The molecule has 0 saturated heterocycles. The fourth-order valence-electron chi connectivity index (χ4n) is 3.11. The summed E-state index contributed by atoms with van der Waals surface area (Å²) >= 11 is 3.30. The van der Waals surface area contributed by atoms with E-state index in [-0.39, 0.29) is 5.91 Å². The van der Waals surface area contributed by atoms with Gasteiger partial charge in [-0.25, -0.2) is 9.97 Å². The Balaban J connectivity index is 1.71. The van der Waals surface area contributed by atoms with E-state index in [9.17, 15) is 4.79 Å². The standard InChI is InChI=1S/C19H23N3O2S2/c1-5-15-11(2)26-19-17(15)18(20-12(3)21-19)25-10-16(23)22-13-7-6-8-14(9-13)24-4/h6-9,11,15H,5,10H2,1-4H3,(H,22,23)/t11-,15-/m1/s1. The van der Waals surface area contributed by atoms with E-state index < -0.39 is 0 Å². The molecule has 0 spiro atoms. The van der Waals surface area contributed by atoms with Crippen LogP contribution < -0.4 is 10.1 Å². The summed E-state index contributed by atoms with van der Waals surface area (Å²) in [4.78, 5) is 21.6. The van der Waals surface area contributed by atoms with Gasteiger partial charge in [0.05, 0.1) is 12.9 Å². The second-order valence-corrected chi connectivity index (χ2v) is 8.53. The first kappa shape index (κ1) is 19.0. The number of rotatable bonds is 6. The fourth-order valence-corrected chi connectivity index (χ4v) is 5.52. The summed E-state index contributed by atoms with van der Waals surface area (Å²) in [7, 11) is 1.61. The van der Waals surface area contributed by atoms with Gasteiger partial charge in [-0.05, 0) is 25.5 Å². The molecule has 1 N–H and O–H groups in total. The third-order valence-corrected chi connectivity index (χ3v) is 6.58. The zero-order chi connectivity index (χ0) is 18.7. The zero-order valence-electron chi connectivity index (χ0n) is 15.4. The molecular weight excluding hydrogens is 366 g/mol. The van der Waals surface area contributed by atoms with E-state index in [1.54, 1.807) is 13.2 Å². The van der Waals surface area contributed by atoms with Gasteiger partial charge in [-0.3, -0.25) is 4.79 Å². The van der Waals surface area contributed by atoms with Crippen LogP contribution in [0.3, 0.4) is 0 Å². The smallest absolute Gasteiger partial charge is 0.234 e. The van der Waals surface area contributed by atoms with Gasteiger partial charge >= 0.3 is 0 Å². The number of ether oxygens (including phenoxy) is 1. The maximum Gasteiger partial charge on any atom is 0.234 e. The predicted molar refractivity (Wildman–Crippen MR) is 107 cm³/mol. The van der Waals surface area contributed by atoms with Crippen LogP contribution in [0, 0.1) is 6.92 Å². The molecule has 0 bridgehead atoms. The number of nitrogens with zero attached hydrogens (tertiary/aromatic N) is 2. The second kappa shape index (κ2) is 8.31. The number of hydrogen-bond donors (Lipinski definition) is 1. The number of anilines is 1. The highest BCUT2D eigenvalue weighted by molar-refractivity contribution is 8.01. The Labute approximate surface area is 162 Å². The maximum absolute atomic E-state index is 12.4. The molecule has 1 amide bonds. The third kappa shape index (κ3) is 4.15. The molecule has 0 radical (unpaired) electrons. The highest BCUT2D eigenvalue weighted by atomic mass is 32.2. The van der Waals surface area contributed by atoms with E-state index in [1.807, 2.05) is 36.9 Å². The molecule has 1 aromatic heterocycles. The highest BCUT2D eigenvalue weighted by Crippen LogP contribution is 2.48. The number of methoxy groups -OCH3 is 1. The summed E-state index contributed by atoms with van der Waals surface area (Å²) in [6, 6.07) is 7.36. The monoisotopic (exact) mass is 389 g/mol. The number of benzene rings is 1. The van der Waals surface area contributed by atoms with E-state index in [0.29, 0.717) is 16.9 Å². The Morgan fingerprint density at radius 3 is 2.92 bits per heavy atom. The molecule has 1 aromatic carbocycles. The molecule has 26 heavy (non-hydrogen) atoms. The summed E-state index contributed by atoms with van der Waals surface area (Å²) in [6.07, 6.45) is 1.05. The van der Waals surface area contributed by atoms with E-state index in [1.165, 1.54) is 17.3 Å². The minimum atomic E-state index is -0.0555. The molecule has 0 aliphatic carbocycles. The minimum Gasteiger partial charge on any atom is -0.497 e. The second-order valence-electron chi connectivity index (χ2n) is 6.20. The number of nitrogens with one attached hydrogen (secondary N) is 1. The Kier molecular flexibility index (Phi) is 6.09. The molecule has 0 fully saturated rings. The van der Waals surface area contributed by atoms with Crippen LogP contribution in [0.2, 0.25) is 0 Å². The third-order valence-electron chi connectivity index (χ3n) is 4.36. The van der Waals surface area contributed by atoms with Gasteiger partial charge in [-0.1, -0.05) is 31.7 Å². The Bertz CT molecular complexity index is 813. The average Bonchev–Trinajstić information content (AvgIpc) is 2.94. The van der Waals surface area contributed by atoms with E-state index in [4.69, 9.17) is 4.74 Å². The van der Waals surface area contributed by atoms with E-state index in [0.717, 1.165) is 33.7 Å². The zero-order valence-corrected chi connectivity index (χ0v) is 17.0. The molecule has 3 rings (SSSR count). The number of carbonyl (C=O) groups excluding carboxylic acids is 1. The summed E-state index contributed by atoms with van der Waals surface area (Å²) in [6.45, 7) is 6.34. The number of carbonyl (C=O) groups is 1. The van der Waals surface area contributed by atoms with Gasteiger partial charge in [-0.15, -0.1) is 11.8 Å². The first-order chi connectivity index (χ1) is 12.5.